The Kier molecular flexibility index (Phi) is 9.54. The largest absolute Gasteiger partial charge is 0.490 e. The Labute approximate surface area is 259 Å². The zero-order valence-electron chi connectivity index (χ0n) is 24.1. The number of fused-ring (bicyclic) bond motifs is 1. The molecule has 3 aromatic carbocycles. The van der Waals surface area contributed by atoms with Gasteiger partial charge in [-0.1, -0.05) is 66.7 Å². The number of aryl methyl sites for hydroxylation is 1. The van der Waals surface area contributed by atoms with E-state index >= 15 is 0 Å². The number of benzene rings is 3. The summed E-state index contributed by atoms with van der Waals surface area (Å²) in [4.78, 5) is 18.6. The van der Waals surface area contributed by atoms with E-state index in [9.17, 15) is 4.79 Å². The highest BCUT2D eigenvalue weighted by molar-refractivity contribution is 9.10. The second kappa shape index (κ2) is 13.5. The third kappa shape index (κ3) is 6.65. The third-order valence-electron chi connectivity index (χ3n) is 6.70. The molecular weight excluding hydrogens is 614 g/mol. The average molecular weight is 649 g/mol. The highest BCUT2D eigenvalue weighted by Crippen LogP contribution is 2.43. The van der Waals surface area contributed by atoms with Crippen molar-refractivity contribution in [2.45, 2.75) is 51.9 Å². The number of hydrogen-bond acceptors (Lipinski definition) is 7. The molecule has 1 aliphatic heterocycles. The Morgan fingerprint density at radius 1 is 1.07 bits per heavy atom. The van der Waals surface area contributed by atoms with Gasteiger partial charge < -0.3 is 20.1 Å². The first-order chi connectivity index (χ1) is 20.4. The molecule has 0 saturated carbocycles. The summed E-state index contributed by atoms with van der Waals surface area (Å²) in [5, 5.41) is 11.9. The van der Waals surface area contributed by atoms with E-state index in [0.717, 1.165) is 33.3 Å². The summed E-state index contributed by atoms with van der Waals surface area (Å²) in [6, 6.07) is 21.1. The fraction of sp³-hybridized carbons (Fsp3) is 0.281. The molecule has 8 nitrogen and oxygen atoms in total. The number of allylic oxidation sites excluding steroid dienone is 1. The van der Waals surface area contributed by atoms with E-state index in [4.69, 9.17) is 19.6 Å². The predicted octanol–water partition coefficient (Wildman–Crippen LogP) is 7.76. The lowest BCUT2D eigenvalue weighted by atomic mass is 9.94. The van der Waals surface area contributed by atoms with Crippen molar-refractivity contribution in [1.82, 2.24) is 14.8 Å². The summed E-state index contributed by atoms with van der Waals surface area (Å²) in [7, 11) is 0. The van der Waals surface area contributed by atoms with Crippen LogP contribution in [0.2, 0.25) is 0 Å². The van der Waals surface area contributed by atoms with Gasteiger partial charge in [-0.05, 0) is 78.5 Å². The molecule has 1 unspecified atom stereocenters. The van der Waals surface area contributed by atoms with Crippen LogP contribution in [0.15, 0.2) is 87.6 Å². The Hall–Kier alpha value is -3.76. The number of carbonyl (C=O) groups excluding carboxylic acids is 1. The summed E-state index contributed by atoms with van der Waals surface area (Å²) in [5.74, 6) is 2.43. The number of halogens is 1. The molecule has 1 amide bonds. The molecule has 10 heteroatoms. The zero-order valence-corrected chi connectivity index (χ0v) is 26.5. The highest BCUT2D eigenvalue weighted by Gasteiger charge is 2.35. The summed E-state index contributed by atoms with van der Waals surface area (Å²) in [6.07, 6.45) is 1.00. The lowest BCUT2D eigenvalue weighted by molar-refractivity contribution is -0.113. The third-order valence-corrected chi connectivity index (χ3v) is 8.33. The number of amides is 1. The quantitative estimate of drug-likeness (QED) is 0.161. The molecule has 0 fully saturated rings. The van der Waals surface area contributed by atoms with Crippen molar-refractivity contribution in [3.63, 3.8) is 0 Å². The Balaban J connectivity index is 1.56. The number of thioether (sulfide) groups is 1. The molecule has 0 bridgehead atoms. The maximum absolute atomic E-state index is 13.9. The zero-order chi connectivity index (χ0) is 29.6. The van der Waals surface area contributed by atoms with Crippen LogP contribution in [0.4, 0.5) is 11.6 Å². The minimum Gasteiger partial charge on any atom is -0.490 e. The first-order valence-corrected chi connectivity index (χ1v) is 15.7. The van der Waals surface area contributed by atoms with Crippen molar-refractivity contribution in [3.05, 3.63) is 99.2 Å². The molecule has 1 aromatic heterocycles. The monoisotopic (exact) mass is 647 g/mol. The normalized spacial score (nSPS) is 14.3. The van der Waals surface area contributed by atoms with Gasteiger partial charge in [0.1, 0.15) is 12.6 Å². The van der Waals surface area contributed by atoms with E-state index in [2.05, 4.69) is 33.5 Å². The molecule has 0 saturated heterocycles. The molecule has 0 radical (unpaired) electrons. The van der Waals surface area contributed by atoms with E-state index in [0.29, 0.717) is 52.8 Å². The number of anilines is 2. The molecule has 42 heavy (non-hydrogen) atoms. The van der Waals surface area contributed by atoms with Gasteiger partial charge in [-0.2, -0.15) is 4.98 Å². The fourth-order valence-electron chi connectivity index (χ4n) is 4.70. The lowest BCUT2D eigenvalue weighted by Crippen LogP contribution is -2.31. The fourth-order valence-corrected chi connectivity index (χ4v) is 5.96. The van der Waals surface area contributed by atoms with Crippen LogP contribution >= 0.6 is 27.7 Å². The van der Waals surface area contributed by atoms with Crippen LogP contribution in [0.3, 0.4) is 0 Å². The Morgan fingerprint density at radius 3 is 2.55 bits per heavy atom. The van der Waals surface area contributed by atoms with Crippen molar-refractivity contribution in [1.29, 1.82) is 0 Å². The molecule has 0 spiro atoms. The predicted molar refractivity (Wildman–Crippen MR) is 171 cm³/mol. The van der Waals surface area contributed by atoms with Gasteiger partial charge in [0.2, 0.25) is 11.1 Å². The van der Waals surface area contributed by atoms with Crippen LogP contribution in [-0.4, -0.2) is 33.0 Å². The maximum Gasteiger partial charge on any atom is 0.255 e. The topological polar surface area (TPSA) is 90.3 Å². The molecule has 5 rings (SSSR count). The number of carbonyl (C=O) groups is 1. The minimum absolute atomic E-state index is 0.226. The van der Waals surface area contributed by atoms with Gasteiger partial charge in [0.25, 0.3) is 5.91 Å². The Morgan fingerprint density at radius 2 is 1.83 bits per heavy atom. The van der Waals surface area contributed by atoms with Crippen LogP contribution in [-0.2, 0) is 11.4 Å². The minimum atomic E-state index is -0.561. The van der Waals surface area contributed by atoms with Gasteiger partial charge in [-0.15, -0.1) is 5.10 Å². The second-order valence-electron chi connectivity index (χ2n) is 9.93. The van der Waals surface area contributed by atoms with Crippen molar-refractivity contribution in [3.8, 4) is 11.5 Å². The summed E-state index contributed by atoms with van der Waals surface area (Å²) in [5.41, 5.74) is 4.93. The van der Waals surface area contributed by atoms with E-state index in [1.807, 2.05) is 87.5 Å². The maximum atomic E-state index is 13.9. The van der Waals surface area contributed by atoms with Crippen LogP contribution in [0.25, 0.3) is 0 Å². The first kappa shape index (κ1) is 29.7. The summed E-state index contributed by atoms with van der Waals surface area (Å²) >= 11 is 5.32. The van der Waals surface area contributed by atoms with Crippen molar-refractivity contribution in [2.75, 3.05) is 23.0 Å². The highest BCUT2D eigenvalue weighted by atomic mass is 79.9. The number of nitrogens with one attached hydrogen (secondary N) is 2. The van der Waals surface area contributed by atoms with Gasteiger partial charge in [-0.25, -0.2) is 4.68 Å². The number of rotatable bonds is 11. The van der Waals surface area contributed by atoms with Gasteiger partial charge in [0.05, 0.1) is 16.7 Å². The lowest BCUT2D eigenvalue weighted by Gasteiger charge is -2.29. The van der Waals surface area contributed by atoms with Gasteiger partial charge in [-0.3, -0.25) is 4.79 Å². The van der Waals surface area contributed by atoms with Crippen molar-refractivity contribution in [2.24, 2.45) is 0 Å². The smallest absolute Gasteiger partial charge is 0.255 e. The standard InChI is InChI=1S/C32H34BrN5O3S/c1-5-16-42-32-36-31-34-21(4)27(30(39)35-24-14-12-20(3)13-15-24)28(38(31)37-32)23-17-25(33)29(26(18-23)40-6-2)41-19-22-10-8-7-9-11-22/h7-15,17-18,28H,5-6,16,19H2,1-4H3,(H,35,39)(H,34,36,37). The van der Waals surface area contributed by atoms with Gasteiger partial charge in [0.15, 0.2) is 11.5 Å². The number of nitrogens with zero attached hydrogens (tertiary/aromatic N) is 3. The van der Waals surface area contributed by atoms with Crippen molar-refractivity contribution < 1.29 is 14.3 Å². The van der Waals surface area contributed by atoms with E-state index in [1.165, 1.54) is 0 Å². The van der Waals surface area contributed by atoms with Crippen LogP contribution in [0, 0.1) is 6.92 Å². The number of ether oxygens (including phenoxy) is 2. The number of aromatic nitrogens is 3. The molecule has 1 aliphatic rings. The summed E-state index contributed by atoms with van der Waals surface area (Å²) in [6.45, 7) is 8.80. The number of hydrogen-bond donors (Lipinski definition) is 2. The van der Waals surface area contributed by atoms with Crippen LogP contribution in [0.1, 0.15) is 49.9 Å². The van der Waals surface area contributed by atoms with E-state index < -0.39 is 6.04 Å². The molecule has 0 aliphatic carbocycles. The van der Waals surface area contributed by atoms with E-state index in [-0.39, 0.29) is 5.91 Å². The molecule has 4 aromatic rings. The molecular formula is C32H34BrN5O3S. The average Bonchev–Trinajstić information content (AvgIpc) is 3.38. The van der Waals surface area contributed by atoms with Crippen LogP contribution < -0.4 is 20.1 Å². The van der Waals surface area contributed by atoms with Crippen molar-refractivity contribution >= 4 is 45.2 Å². The van der Waals surface area contributed by atoms with E-state index in [1.54, 1.807) is 16.4 Å². The molecule has 1 atom stereocenters. The molecule has 218 valence electrons. The molecule has 2 heterocycles. The Bertz CT molecular complexity index is 1590. The molecule has 2 N–H and O–H groups in total. The second-order valence-corrected chi connectivity index (χ2v) is 11.9. The van der Waals surface area contributed by atoms with Gasteiger partial charge >= 0.3 is 0 Å². The van der Waals surface area contributed by atoms with Gasteiger partial charge in [0, 0.05) is 17.1 Å². The summed E-state index contributed by atoms with van der Waals surface area (Å²) < 4.78 is 14.8. The van der Waals surface area contributed by atoms with Crippen LogP contribution in [0.5, 0.6) is 11.5 Å². The SMILES string of the molecule is CCCSc1nc2n(n1)C(c1cc(Br)c(OCc3ccccc3)c(OCC)c1)C(C(=O)Nc1ccc(C)cc1)=C(C)N2. The first-order valence-electron chi connectivity index (χ1n) is 14.0.